The second-order valence-electron chi connectivity index (χ2n) is 6.77. The number of tetrazole rings is 1. The molecule has 0 aliphatic carbocycles. The van der Waals surface area contributed by atoms with E-state index in [-0.39, 0.29) is 16.4 Å². The van der Waals surface area contributed by atoms with Crippen molar-refractivity contribution in [2.75, 3.05) is 18.9 Å². The second-order valence-corrected chi connectivity index (χ2v) is 8.82. The molecule has 3 aromatic rings. The zero-order valence-electron chi connectivity index (χ0n) is 17.6. The average molecular weight is 472 g/mol. The number of benzene rings is 2. The molecule has 14 heteroatoms. The monoisotopic (exact) mass is 472 g/mol. The molecular formula is C19H20N8O5S. The summed E-state index contributed by atoms with van der Waals surface area (Å²) in [5, 5.41) is 13.3. The van der Waals surface area contributed by atoms with Crippen LogP contribution in [0.3, 0.4) is 0 Å². The molecule has 3 N–H and O–H groups in total. The van der Waals surface area contributed by atoms with Gasteiger partial charge >= 0.3 is 0 Å². The predicted molar refractivity (Wildman–Crippen MR) is 115 cm³/mol. The molecule has 13 nitrogen and oxygen atoms in total. The molecule has 172 valence electrons. The maximum absolute atomic E-state index is 12.6. The van der Waals surface area contributed by atoms with E-state index in [1.807, 2.05) is 0 Å². The topological polar surface area (TPSA) is 168 Å². The number of aromatic nitrogens is 4. The molecule has 1 aromatic heterocycles. The Kier molecular flexibility index (Phi) is 7.10. The fraction of sp³-hybridized carbons (Fsp3) is 0.158. The minimum absolute atomic E-state index is 0.0568. The van der Waals surface area contributed by atoms with Crippen molar-refractivity contribution in [3.63, 3.8) is 0 Å². The molecule has 0 aliphatic rings. The van der Waals surface area contributed by atoms with Gasteiger partial charge in [-0.05, 0) is 59.0 Å². The summed E-state index contributed by atoms with van der Waals surface area (Å²) in [5.41, 5.74) is 5.74. The van der Waals surface area contributed by atoms with Gasteiger partial charge in [-0.15, -0.1) is 5.10 Å². The summed E-state index contributed by atoms with van der Waals surface area (Å²) in [6, 6.07) is 11.8. The lowest BCUT2D eigenvalue weighted by Crippen LogP contribution is -2.46. The van der Waals surface area contributed by atoms with E-state index in [2.05, 4.69) is 31.7 Å². The van der Waals surface area contributed by atoms with Crippen molar-refractivity contribution in [3.05, 3.63) is 60.4 Å². The number of carbonyl (C=O) groups excluding carboxylic acids is 3. The number of nitrogens with zero attached hydrogens (tertiary/aromatic N) is 5. The zero-order chi connectivity index (χ0) is 24.0. The van der Waals surface area contributed by atoms with Gasteiger partial charge in [0.05, 0.1) is 17.1 Å². The van der Waals surface area contributed by atoms with Crippen LogP contribution in [0.25, 0.3) is 5.69 Å². The molecule has 2 aromatic carbocycles. The third kappa shape index (κ3) is 5.96. The van der Waals surface area contributed by atoms with Crippen LogP contribution in [-0.2, 0) is 19.6 Å². The van der Waals surface area contributed by atoms with Gasteiger partial charge in [-0.1, -0.05) is 0 Å². The molecule has 33 heavy (non-hydrogen) atoms. The molecule has 0 unspecified atom stereocenters. The van der Waals surface area contributed by atoms with Crippen molar-refractivity contribution < 1.29 is 22.8 Å². The van der Waals surface area contributed by atoms with E-state index in [0.717, 1.165) is 4.31 Å². The van der Waals surface area contributed by atoms with Gasteiger partial charge in [0.25, 0.3) is 11.8 Å². The molecular weight excluding hydrogens is 452 g/mol. The molecule has 0 saturated carbocycles. The van der Waals surface area contributed by atoms with E-state index in [9.17, 15) is 22.8 Å². The molecule has 0 saturated heterocycles. The lowest BCUT2D eigenvalue weighted by atomic mass is 10.2. The summed E-state index contributed by atoms with van der Waals surface area (Å²) in [5.74, 6) is -1.62. The highest BCUT2D eigenvalue weighted by Crippen LogP contribution is 2.17. The molecule has 0 fully saturated rings. The maximum Gasteiger partial charge on any atom is 0.269 e. The van der Waals surface area contributed by atoms with Crippen LogP contribution >= 0.6 is 0 Å². The number of rotatable bonds is 7. The number of anilines is 1. The van der Waals surface area contributed by atoms with Crippen molar-refractivity contribution in [1.82, 2.24) is 35.4 Å². The van der Waals surface area contributed by atoms with Gasteiger partial charge in [-0.2, -0.15) is 4.31 Å². The van der Waals surface area contributed by atoms with E-state index in [1.165, 1.54) is 61.4 Å². The van der Waals surface area contributed by atoms with Gasteiger partial charge in [0.15, 0.2) is 0 Å². The molecule has 3 amide bonds. The molecule has 0 aliphatic heterocycles. The van der Waals surface area contributed by atoms with Crippen LogP contribution < -0.4 is 16.2 Å². The van der Waals surface area contributed by atoms with Gasteiger partial charge in [0.1, 0.15) is 6.33 Å². The number of hydrazine groups is 1. The number of sulfonamides is 1. The van der Waals surface area contributed by atoms with Crippen LogP contribution in [0.4, 0.5) is 5.69 Å². The third-order valence-electron chi connectivity index (χ3n) is 4.31. The van der Waals surface area contributed by atoms with Crippen LogP contribution in [0.1, 0.15) is 17.3 Å². The second kappa shape index (κ2) is 9.97. The third-order valence-corrected chi connectivity index (χ3v) is 6.13. The SMILES string of the molecule is CC(=O)Nc1ccc(S(=O)(=O)N(C)CC(=O)NNC(=O)c2ccc(-n3cnnn3)cc2)cc1. The Morgan fingerprint density at radius 2 is 1.67 bits per heavy atom. The summed E-state index contributed by atoms with van der Waals surface area (Å²) in [6.07, 6.45) is 1.40. The Bertz CT molecular complexity index is 1240. The molecule has 0 spiro atoms. The maximum atomic E-state index is 12.6. The first kappa shape index (κ1) is 23.5. The van der Waals surface area contributed by atoms with E-state index in [4.69, 9.17) is 0 Å². The van der Waals surface area contributed by atoms with Crippen LogP contribution in [0.5, 0.6) is 0 Å². The fourth-order valence-corrected chi connectivity index (χ4v) is 3.79. The first-order valence-electron chi connectivity index (χ1n) is 9.43. The van der Waals surface area contributed by atoms with Crippen LogP contribution in [0.15, 0.2) is 59.8 Å². The van der Waals surface area contributed by atoms with Gasteiger partial charge in [0, 0.05) is 25.2 Å². The molecule has 0 bridgehead atoms. The highest BCUT2D eigenvalue weighted by atomic mass is 32.2. The highest BCUT2D eigenvalue weighted by molar-refractivity contribution is 7.89. The Morgan fingerprint density at radius 1 is 1.00 bits per heavy atom. The minimum Gasteiger partial charge on any atom is -0.326 e. The first-order chi connectivity index (χ1) is 15.7. The lowest BCUT2D eigenvalue weighted by Gasteiger charge is -2.17. The lowest BCUT2D eigenvalue weighted by molar-refractivity contribution is -0.121. The van der Waals surface area contributed by atoms with E-state index >= 15 is 0 Å². The Balaban J connectivity index is 1.54. The van der Waals surface area contributed by atoms with E-state index in [0.29, 0.717) is 11.4 Å². The zero-order valence-corrected chi connectivity index (χ0v) is 18.4. The smallest absolute Gasteiger partial charge is 0.269 e. The normalized spacial score (nSPS) is 11.1. The Hall–Kier alpha value is -4.17. The first-order valence-corrected chi connectivity index (χ1v) is 10.9. The average Bonchev–Trinajstić information content (AvgIpc) is 3.32. The van der Waals surface area contributed by atoms with Gasteiger partial charge < -0.3 is 5.32 Å². The van der Waals surface area contributed by atoms with E-state index in [1.54, 1.807) is 12.1 Å². The van der Waals surface area contributed by atoms with Crippen LogP contribution in [0, 0.1) is 0 Å². The quantitative estimate of drug-likeness (QED) is 0.394. The van der Waals surface area contributed by atoms with Gasteiger partial charge in [0.2, 0.25) is 15.9 Å². The predicted octanol–water partition coefficient (Wildman–Crippen LogP) is -0.298. The van der Waals surface area contributed by atoms with E-state index < -0.39 is 28.4 Å². The standard InChI is InChI=1S/C19H20N8O5S/c1-13(28)21-15-5-9-17(10-6-15)33(31,32)26(2)11-18(29)22-23-19(30)14-3-7-16(8-4-14)27-12-20-24-25-27/h3-10,12H,11H2,1-2H3,(H,21,28)(H,22,29)(H,23,30). The van der Waals surface area contributed by atoms with Crippen molar-refractivity contribution in [1.29, 1.82) is 0 Å². The molecule has 3 rings (SSSR count). The van der Waals surface area contributed by atoms with Gasteiger partial charge in [-0.25, -0.2) is 13.1 Å². The van der Waals surface area contributed by atoms with Crippen molar-refractivity contribution in [2.24, 2.45) is 0 Å². The largest absolute Gasteiger partial charge is 0.326 e. The van der Waals surface area contributed by atoms with Crippen molar-refractivity contribution >= 4 is 33.4 Å². The van der Waals surface area contributed by atoms with Crippen LogP contribution in [-0.4, -0.2) is 64.2 Å². The number of nitrogens with one attached hydrogen (secondary N) is 3. The number of hydrogen-bond acceptors (Lipinski definition) is 8. The molecule has 1 heterocycles. The molecule has 0 atom stereocenters. The number of hydrogen-bond donors (Lipinski definition) is 3. The summed E-state index contributed by atoms with van der Waals surface area (Å²) in [6.45, 7) is 0.801. The summed E-state index contributed by atoms with van der Waals surface area (Å²) in [4.78, 5) is 35.4. The minimum atomic E-state index is -3.97. The highest BCUT2D eigenvalue weighted by Gasteiger charge is 2.23. The fourth-order valence-electron chi connectivity index (χ4n) is 2.66. The summed E-state index contributed by atoms with van der Waals surface area (Å²) >= 11 is 0. The summed E-state index contributed by atoms with van der Waals surface area (Å²) in [7, 11) is -2.74. The summed E-state index contributed by atoms with van der Waals surface area (Å²) < 4.78 is 27.5. The Morgan fingerprint density at radius 3 is 2.24 bits per heavy atom. The number of amides is 3. The van der Waals surface area contributed by atoms with Gasteiger partial charge in [-0.3, -0.25) is 25.2 Å². The molecule has 0 radical (unpaired) electrons. The Labute approximate surface area is 188 Å². The van der Waals surface area contributed by atoms with Crippen molar-refractivity contribution in [2.45, 2.75) is 11.8 Å². The number of likely N-dealkylation sites (N-methyl/N-ethyl adjacent to an activating group) is 1. The number of carbonyl (C=O) groups is 3. The van der Waals surface area contributed by atoms with Crippen molar-refractivity contribution in [3.8, 4) is 5.69 Å². The van der Waals surface area contributed by atoms with Crippen LogP contribution in [0.2, 0.25) is 0 Å².